The van der Waals surface area contributed by atoms with Crippen molar-refractivity contribution in [2.24, 2.45) is 15.4 Å². The fourth-order valence-electron chi connectivity index (χ4n) is 5.47. The zero-order valence-electron chi connectivity index (χ0n) is 17.6. The highest BCUT2D eigenvalue weighted by Gasteiger charge is 2.52. The first-order chi connectivity index (χ1) is 15.0. The van der Waals surface area contributed by atoms with Gasteiger partial charge in [-0.15, -0.1) is 0 Å². The second-order valence-corrected chi connectivity index (χ2v) is 8.85. The molecule has 3 aliphatic rings. The summed E-state index contributed by atoms with van der Waals surface area (Å²) in [5.41, 5.74) is 2.13. The first-order valence-corrected chi connectivity index (χ1v) is 10.5. The van der Waals surface area contributed by atoms with Crippen molar-refractivity contribution in [3.63, 3.8) is 0 Å². The molecule has 6 rings (SSSR count). The number of aliphatic imine (C=N–C) groups is 2. The molecule has 8 nitrogen and oxygen atoms in total. The third kappa shape index (κ3) is 2.62. The minimum atomic E-state index is -0.454. The highest BCUT2D eigenvalue weighted by Crippen LogP contribution is 2.47. The van der Waals surface area contributed by atoms with E-state index in [4.69, 9.17) is 9.26 Å². The molecule has 3 aromatic rings. The Bertz CT molecular complexity index is 1230. The van der Waals surface area contributed by atoms with Gasteiger partial charge in [-0.3, -0.25) is 9.98 Å². The molecule has 0 radical (unpaired) electrons. The summed E-state index contributed by atoms with van der Waals surface area (Å²) in [5.74, 6) is 0.0941. The van der Waals surface area contributed by atoms with Crippen LogP contribution in [0.1, 0.15) is 25.0 Å². The van der Waals surface area contributed by atoms with Crippen molar-refractivity contribution in [3.8, 4) is 5.82 Å². The Morgan fingerprint density at radius 3 is 2.77 bits per heavy atom. The summed E-state index contributed by atoms with van der Waals surface area (Å²) >= 11 is 0. The predicted octanol–water partition coefficient (Wildman–Crippen LogP) is 3.10. The number of anilines is 1. The van der Waals surface area contributed by atoms with Crippen molar-refractivity contribution in [2.45, 2.75) is 45.4 Å². The Balaban J connectivity index is 1.59. The summed E-state index contributed by atoms with van der Waals surface area (Å²) in [6.07, 6.45) is 7.97. The van der Waals surface area contributed by atoms with Crippen LogP contribution in [-0.4, -0.2) is 58.8 Å². The third-order valence-electron chi connectivity index (χ3n) is 6.51. The van der Waals surface area contributed by atoms with Gasteiger partial charge >= 0.3 is 0 Å². The van der Waals surface area contributed by atoms with Crippen LogP contribution in [0, 0.1) is 18.2 Å². The fourth-order valence-corrected chi connectivity index (χ4v) is 5.47. The van der Waals surface area contributed by atoms with E-state index < -0.39 is 5.41 Å². The summed E-state index contributed by atoms with van der Waals surface area (Å²) in [6, 6.07) is 1.88. The van der Waals surface area contributed by atoms with Crippen LogP contribution in [0.15, 0.2) is 33.0 Å². The van der Waals surface area contributed by atoms with Crippen molar-refractivity contribution < 1.29 is 13.7 Å². The van der Waals surface area contributed by atoms with Crippen LogP contribution in [-0.2, 0) is 11.2 Å². The molecule has 3 atom stereocenters. The molecule has 9 heteroatoms. The Morgan fingerprint density at radius 2 is 2.03 bits per heavy atom. The molecule has 1 spiro atoms. The summed E-state index contributed by atoms with van der Waals surface area (Å²) in [4.78, 5) is 11.1. The van der Waals surface area contributed by atoms with Crippen molar-refractivity contribution in [2.75, 3.05) is 18.1 Å². The van der Waals surface area contributed by atoms with E-state index in [2.05, 4.69) is 25.1 Å². The van der Waals surface area contributed by atoms with Crippen LogP contribution in [0.3, 0.4) is 0 Å². The van der Waals surface area contributed by atoms with E-state index in [1.165, 1.54) is 0 Å². The Morgan fingerprint density at radius 1 is 1.23 bits per heavy atom. The lowest BCUT2D eigenvalue weighted by Gasteiger charge is -2.54. The summed E-state index contributed by atoms with van der Waals surface area (Å²) in [7, 11) is 0. The number of aryl methyl sites for hydroxylation is 1. The molecule has 31 heavy (non-hydrogen) atoms. The highest BCUT2D eigenvalue weighted by atomic mass is 19.1. The average molecular weight is 422 g/mol. The standard InChI is InChI=1S/C22H23FN6O2/c1-12-6-26-29(7-12)21-16-4-15-5-22(9-24-11-25-10-22)20-14(3)30-13(2)8-28(20)18(15)17(23)19(16)31-27-21/h4,6-7,9-10,13-14,20H,5,8,11H2,1-3H3/t13-,14+,20-/m1/s1. The molecule has 5 heterocycles. The zero-order chi connectivity index (χ0) is 21.3. The van der Waals surface area contributed by atoms with E-state index in [0.29, 0.717) is 36.5 Å². The average Bonchev–Trinajstić information content (AvgIpc) is 3.34. The molecule has 0 aliphatic carbocycles. The number of halogens is 1. The van der Waals surface area contributed by atoms with Gasteiger partial charge in [0.1, 0.15) is 6.67 Å². The number of aromatic nitrogens is 3. The Labute approximate surface area is 178 Å². The lowest BCUT2D eigenvalue weighted by atomic mass is 9.69. The van der Waals surface area contributed by atoms with Crippen LogP contribution in [0.2, 0.25) is 0 Å². The molecule has 3 aliphatic heterocycles. The molecule has 160 valence electrons. The molecule has 1 fully saturated rings. The van der Waals surface area contributed by atoms with Crippen molar-refractivity contribution >= 4 is 29.1 Å². The molecule has 0 bridgehead atoms. The zero-order valence-corrected chi connectivity index (χ0v) is 17.6. The fraction of sp³-hybridized carbons (Fsp3) is 0.455. The molecule has 1 aromatic carbocycles. The van der Waals surface area contributed by atoms with Crippen LogP contribution in [0.5, 0.6) is 0 Å². The van der Waals surface area contributed by atoms with E-state index in [9.17, 15) is 0 Å². The number of fused-ring (bicyclic) bond motifs is 5. The number of rotatable bonds is 1. The van der Waals surface area contributed by atoms with Gasteiger partial charge in [0.25, 0.3) is 0 Å². The minimum Gasteiger partial charge on any atom is -0.372 e. The predicted molar refractivity (Wildman–Crippen MR) is 115 cm³/mol. The van der Waals surface area contributed by atoms with Crippen molar-refractivity contribution in [1.82, 2.24) is 14.9 Å². The molecule has 2 aromatic heterocycles. The number of hydrogen-bond acceptors (Lipinski definition) is 7. The number of hydrogen-bond donors (Lipinski definition) is 0. The van der Waals surface area contributed by atoms with Gasteiger partial charge in [0.05, 0.1) is 40.9 Å². The van der Waals surface area contributed by atoms with E-state index in [1.54, 1.807) is 10.9 Å². The number of nitrogens with zero attached hydrogens (tertiary/aromatic N) is 6. The van der Waals surface area contributed by atoms with Gasteiger partial charge in [0.15, 0.2) is 5.82 Å². The molecular formula is C22H23FN6O2. The maximum atomic E-state index is 16.0. The molecular weight excluding hydrogens is 399 g/mol. The molecule has 0 saturated carbocycles. The number of ether oxygens (including phenoxy) is 1. The summed E-state index contributed by atoms with van der Waals surface area (Å²) in [6.45, 7) is 7.00. The lowest BCUT2D eigenvalue weighted by molar-refractivity contribution is -0.0432. The second kappa shape index (κ2) is 6.46. The van der Waals surface area contributed by atoms with E-state index in [0.717, 1.165) is 11.1 Å². The van der Waals surface area contributed by atoms with Gasteiger partial charge in [-0.25, -0.2) is 9.07 Å². The SMILES string of the molecule is Cc1cnn(-c2noc3c(F)c4c(cc23)CC2(C=NCN=C2)[C@H]2[C@H](C)O[C@H](C)CN42)c1. The molecule has 0 amide bonds. The van der Waals surface area contributed by atoms with Gasteiger partial charge in [-0.1, -0.05) is 5.16 Å². The van der Waals surface area contributed by atoms with Crippen LogP contribution < -0.4 is 4.90 Å². The number of morpholine rings is 1. The quantitative estimate of drug-likeness (QED) is 0.602. The smallest absolute Gasteiger partial charge is 0.206 e. The first-order valence-electron chi connectivity index (χ1n) is 10.5. The summed E-state index contributed by atoms with van der Waals surface area (Å²) < 4.78 is 29.2. The normalized spacial score (nSPS) is 26.5. The van der Waals surface area contributed by atoms with Crippen molar-refractivity contribution in [3.05, 3.63) is 35.4 Å². The van der Waals surface area contributed by atoms with Gasteiger partial charge in [0, 0.05) is 25.2 Å². The topological polar surface area (TPSA) is 81.0 Å². The van der Waals surface area contributed by atoms with Gasteiger partial charge < -0.3 is 14.2 Å². The molecule has 0 N–H and O–H groups in total. The van der Waals surface area contributed by atoms with Gasteiger partial charge in [-0.05, 0) is 44.4 Å². The van der Waals surface area contributed by atoms with Gasteiger partial charge in [0.2, 0.25) is 11.4 Å². The van der Waals surface area contributed by atoms with Crippen LogP contribution in [0.4, 0.5) is 10.1 Å². The first kappa shape index (κ1) is 18.7. The van der Waals surface area contributed by atoms with Gasteiger partial charge in [-0.2, -0.15) is 5.10 Å². The van der Waals surface area contributed by atoms with Crippen molar-refractivity contribution in [1.29, 1.82) is 0 Å². The Kier molecular flexibility index (Phi) is 3.89. The molecule has 1 saturated heterocycles. The minimum absolute atomic E-state index is 0.0286. The van der Waals surface area contributed by atoms with E-state index in [-0.39, 0.29) is 29.7 Å². The number of benzene rings is 1. The maximum absolute atomic E-state index is 16.0. The van der Waals surface area contributed by atoms with E-state index >= 15 is 4.39 Å². The summed E-state index contributed by atoms with van der Waals surface area (Å²) in [5, 5.41) is 9.06. The lowest BCUT2D eigenvalue weighted by Crippen LogP contribution is -2.65. The van der Waals surface area contributed by atoms with Crippen LogP contribution in [0.25, 0.3) is 16.8 Å². The second-order valence-electron chi connectivity index (χ2n) is 8.85. The largest absolute Gasteiger partial charge is 0.372 e. The monoisotopic (exact) mass is 422 g/mol. The maximum Gasteiger partial charge on any atom is 0.206 e. The van der Waals surface area contributed by atoms with Crippen LogP contribution >= 0.6 is 0 Å². The molecule has 0 unspecified atom stereocenters. The van der Waals surface area contributed by atoms with E-state index in [1.807, 2.05) is 45.5 Å². The highest BCUT2D eigenvalue weighted by molar-refractivity contribution is 5.96. The third-order valence-corrected chi connectivity index (χ3v) is 6.51. The Hall–Kier alpha value is -3.07.